The zero-order chi connectivity index (χ0) is 21.4. The van der Waals surface area contributed by atoms with Gasteiger partial charge in [0.1, 0.15) is 30.2 Å². The van der Waals surface area contributed by atoms with E-state index in [1.54, 1.807) is 30.3 Å². The summed E-state index contributed by atoms with van der Waals surface area (Å²) in [4.78, 5) is 12.6. The van der Waals surface area contributed by atoms with Crippen molar-refractivity contribution in [2.24, 2.45) is 0 Å². The highest BCUT2D eigenvalue weighted by Crippen LogP contribution is 2.38. The van der Waals surface area contributed by atoms with E-state index in [-0.39, 0.29) is 5.69 Å². The Morgan fingerprint density at radius 3 is 2.67 bits per heavy atom. The number of fused-ring (bicyclic) bond motifs is 1. The van der Waals surface area contributed by atoms with E-state index < -0.39 is 42.2 Å². The van der Waals surface area contributed by atoms with Crippen LogP contribution in [-0.2, 0) is 11.2 Å². The van der Waals surface area contributed by atoms with Crippen LogP contribution in [0.2, 0.25) is 0 Å². The minimum Gasteiger partial charge on any atom is -0.462 e. The van der Waals surface area contributed by atoms with Gasteiger partial charge in [0.05, 0.1) is 11.5 Å². The van der Waals surface area contributed by atoms with Crippen LogP contribution in [-0.4, -0.2) is 69.2 Å². The molecule has 2 aliphatic heterocycles. The Hall–Kier alpha value is -2.76. The van der Waals surface area contributed by atoms with Crippen molar-refractivity contribution in [3.63, 3.8) is 0 Å². The van der Waals surface area contributed by atoms with E-state index in [1.807, 2.05) is 11.0 Å². The third kappa shape index (κ3) is 3.71. The van der Waals surface area contributed by atoms with Crippen molar-refractivity contribution in [2.75, 3.05) is 18.1 Å². The largest absolute Gasteiger partial charge is 0.462 e. The first-order valence-corrected chi connectivity index (χ1v) is 9.51. The van der Waals surface area contributed by atoms with Gasteiger partial charge in [-0.2, -0.15) is 0 Å². The van der Waals surface area contributed by atoms with Gasteiger partial charge in [0, 0.05) is 36.1 Å². The third-order valence-corrected chi connectivity index (χ3v) is 5.40. The molecule has 2 aliphatic rings. The Balaban J connectivity index is 1.54. The molecule has 2 aromatic rings. The first-order valence-electron chi connectivity index (χ1n) is 9.51. The Kier molecular flexibility index (Phi) is 5.58. The molecule has 0 aromatic heterocycles. The van der Waals surface area contributed by atoms with Crippen LogP contribution in [0.3, 0.4) is 0 Å². The number of non-ortho nitro benzene ring substituents is 1. The summed E-state index contributed by atoms with van der Waals surface area (Å²) in [6, 6.07) is 11.7. The van der Waals surface area contributed by atoms with Gasteiger partial charge in [-0.25, -0.2) is 0 Å². The van der Waals surface area contributed by atoms with Crippen molar-refractivity contribution in [1.82, 2.24) is 0 Å². The van der Waals surface area contributed by atoms with E-state index in [2.05, 4.69) is 0 Å². The molecule has 0 unspecified atom stereocenters. The fourth-order valence-corrected chi connectivity index (χ4v) is 3.79. The molecule has 0 aliphatic carbocycles. The van der Waals surface area contributed by atoms with Crippen molar-refractivity contribution >= 4 is 17.1 Å². The molecule has 30 heavy (non-hydrogen) atoms. The van der Waals surface area contributed by atoms with Crippen molar-refractivity contribution in [2.45, 2.75) is 37.1 Å². The lowest BCUT2D eigenvalue weighted by Crippen LogP contribution is -2.60. The predicted molar refractivity (Wildman–Crippen MR) is 105 cm³/mol. The van der Waals surface area contributed by atoms with Gasteiger partial charge in [-0.3, -0.25) is 10.1 Å². The smallest absolute Gasteiger partial charge is 0.269 e. The number of anilines is 2. The Morgan fingerprint density at radius 1 is 1.13 bits per heavy atom. The van der Waals surface area contributed by atoms with Crippen molar-refractivity contribution in [3.8, 4) is 5.75 Å². The van der Waals surface area contributed by atoms with Crippen LogP contribution < -0.4 is 9.64 Å². The predicted octanol–water partition coefficient (Wildman–Crippen LogP) is 0.468. The van der Waals surface area contributed by atoms with Gasteiger partial charge in [0.15, 0.2) is 0 Å². The molecule has 10 nitrogen and oxygen atoms in total. The number of nitro benzene ring substituents is 1. The number of nitrogens with zero attached hydrogens (tertiary/aromatic N) is 2. The number of nitro groups is 1. The maximum Gasteiger partial charge on any atom is 0.269 e. The lowest BCUT2D eigenvalue weighted by Gasteiger charge is -2.39. The lowest BCUT2D eigenvalue weighted by molar-refractivity contribution is -0.384. The first kappa shape index (κ1) is 20.5. The molecule has 4 rings (SSSR count). The van der Waals surface area contributed by atoms with Crippen molar-refractivity contribution < 1.29 is 34.8 Å². The number of aliphatic hydroxyl groups is 4. The summed E-state index contributed by atoms with van der Waals surface area (Å²) < 4.78 is 11.1. The monoisotopic (exact) mass is 418 g/mol. The van der Waals surface area contributed by atoms with Crippen LogP contribution in [0.5, 0.6) is 5.75 Å². The summed E-state index contributed by atoms with van der Waals surface area (Å²) in [5.41, 5.74) is 2.58. The van der Waals surface area contributed by atoms with E-state index >= 15 is 0 Å². The average molecular weight is 418 g/mol. The summed E-state index contributed by atoms with van der Waals surface area (Å²) in [5.74, 6) is 0.354. The minimum absolute atomic E-state index is 0.0512. The van der Waals surface area contributed by atoms with Gasteiger partial charge in [-0.1, -0.05) is 6.07 Å². The van der Waals surface area contributed by atoms with Crippen molar-refractivity contribution in [3.05, 3.63) is 58.1 Å². The molecule has 1 fully saturated rings. The summed E-state index contributed by atoms with van der Waals surface area (Å²) in [5, 5.41) is 50.2. The molecule has 160 valence electrons. The van der Waals surface area contributed by atoms with Crippen LogP contribution in [0.4, 0.5) is 17.1 Å². The summed E-state index contributed by atoms with van der Waals surface area (Å²) in [6.45, 7) is 0.0988. The van der Waals surface area contributed by atoms with Crippen molar-refractivity contribution in [1.29, 1.82) is 0 Å². The highest BCUT2D eigenvalue weighted by atomic mass is 16.7. The SMILES string of the molecule is O=[N+]([O-])c1ccc2c(c1)CCN2c1cccc(O[C@H]2O[C@H](CO)[C@@H](O)[C@H](O)[C@@H]2O)c1. The molecule has 2 aromatic carbocycles. The number of hydrogen-bond acceptors (Lipinski definition) is 9. The van der Waals surface area contributed by atoms with E-state index in [0.717, 1.165) is 16.9 Å². The van der Waals surface area contributed by atoms with Gasteiger partial charge in [0.25, 0.3) is 5.69 Å². The van der Waals surface area contributed by atoms with E-state index in [1.165, 1.54) is 6.07 Å². The topological polar surface area (TPSA) is 146 Å². The Labute approximate surface area is 171 Å². The van der Waals surface area contributed by atoms with E-state index in [9.17, 15) is 30.5 Å². The molecule has 0 radical (unpaired) electrons. The third-order valence-electron chi connectivity index (χ3n) is 5.40. The molecule has 10 heteroatoms. The van der Waals surface area contributed by atoms with Gasteiger partial charge in [-0.05, 0) is 30.2 Å². The molecule has 1 saturated heterocycles. The molecule has 0 bridgehead atoms. The number of ether oxygens (including phenoxy) is 2. The maximum atomic E-state index is 11.0. The summed E-state index contributed by atoms with van der Waals surface area (Å²) in [7, 11) is 0. The fourth-order valence-electron chi connectivity index (χ4n) is 3.79. The maximum absolute atomic E-state index is 11.0. The average Bonchev–Trinajstić information content (AvgIpc) is 3.17. The van der Waals surface area contributed by atoms with Crippen LogP contribution in [0.1, 0.15) is 5.56 Å². The second-order valence-corrected chi connectivity index (χ2v) is 7.28. The number of rotatable bonds is 5. The second kappa shape index (κ2) is 8.17. The molecule has 2 heterocycles. The van der Waals surface area contributed by atoms with Gasteiger partial charge >= 0.3 is 0 Å². The number of benzene rings is 2. The molecule has 0 saturated carbocycles. The molecular weight excluding hydrogens is 396 g/mol. The highest BCUT2D eigenvalue weighted by Gasteiger charge is 2.44. The Morgan fingerprint density at radius 2 is 1.93 bits per heavy atom. The normalized spacial score (nSPS) is 28.3. The number of aliphatic hydroxyl groups excluding tert-OH is 4. The van der Waals surface area contributed by atoms with E-state index in [4.69, 9.17) is 9.47 Å². The first-order chi connectivity index (χ1) is 14.4. The van der Waals surface area contributed by atoms with Crippen LogP contribution >= 0.6 is 0 Å². The number of hydrogen-bond donors (Lipinski definition) is 4. The van der Waals surface area contributed by atoms with E-state index in [0.29, 0.717) is 18.7 Å². The second-order valence-electron chi connectivity index (χ2n) is 7.28. The summed E-state index contributed by atoms with van der Waals surface area (Å²) in [6.07, 6.45) is -6.15. The zero-order valence-electron chi connectivity index (χ0n) is 15.9. The summed E-state index contributed by atoms with van der Waals surface area (Å²) >= 11 is 0. The molecule has 4 N–H and O–H groups in total. The molecule has 5 atom stereocenters. The zero-order valence-corrected chi connectivity index (χ0v) is 15.9. The van der Waals surface area contributed by atoms with Gasteiger partial charge in [-0.15, -0.1) is 0 Å². The quantitative estimate of drug-likeness (QED) is 0.402. The molecule has 0 spiro atoms. The van der Waals surface area contributed by atoms with Gasteiger partial charge < -0.3 is 34.8 Å². The Bertz CT molecular complexity index is 937. The lowest BCUT2D eigenvalue weighted by atomic mass is 9.99. The molecular formula is C20H22N2O8. The fraction of sp³-hybridized carbons (Fsp3) is 0.400. The van der Waals surface area contributed by atoms with Crippen LogP contribution in [0, 0.1) is 10.1 Å². The highest BCUT2D eigenvalue weighted by molar-refractivity contribution is 5.72. The minimum atomic E-state index is -1.52. The van der Waals surface area contributed by atoms with Crippen LogP contribution in [0.15, 0.2) is 42.5 Å². The standard InChI is InChI=1S/C20H22N2O8/c23-10-16-17(24)18(25)19(26)20(30-16)29-14-3-1-2-12(9-14)21-7-6-11-8-13(22(27)28)4-5-15(11)21/h1-5,8-9,16-20,23-26H,6-7,10H2/t16-,17-,18+,19+,20+/m1/s1. The van der Waals surface area contributed by atoms with Gasteiger partial charge in [0.2, 0.25) is 6.29 Å². The van der Waals surface area contributed by atoms with Crippen LogP contribution in [0.25, 0.3) is 0 Å². The molecule has 0 amide bonds.